The van der Waals surface area contributed by atoms with Crippen molar-refractivity contribution >= 4 is 59.1 Å². The van der Waals surface area contributed by atoms with Gasteiger partial charge < -0.3 is 63.0 Å². The second-order valence-corrected chi connectivity index (χ2v) is 27.2. The van der Waals surface area contributed by atoms with Crippen LogP contribution < -0.4 is 48.3 Å². The number of nitrogens with two attached hydrogens (primary N) is 1. The first-order valence-electron chi connectivity index (χ1n) is 31.7. The van der Waals surface area contributed by atoms with Gasteiger partial charge in [-0.15, -0.1) is 0 Å². The minimum atomic E-state index is -1.84. The quantitative estimate of drug-likeness (QED) is 0.0238. The van der Waals surface area contributed by atoms with Crippen LogP contribution in [-0.2, 0) is 64.6 Å². The first-order valence-corrected chi connectivity index (χ1v) is 31.7. The number of ether oxygens (including phenoxy) is 1. The molecule has 0 unspecified atom stereocenters. The van der Waals surface area contributed by atoms with Crippen molar-refractivity contribution in [1.29, 1.82) is 0 Å². The Morgan fingerprint density at radius 2 is 1.04 bits per heavy atom. The highest BCUT2D eigenvalue weighted by atomic mass is 16.6. The summed E-state index contributed by atoms with van der Waals surface area (Å²) in [4.78, 5) is 143. The molecule has 5 rings (SSSR count). The Bertz CT molecular complexity index is 3070. The van der Waals surface area contributed by atoms with E-state index in [-0.39, 0.29) is 44.6 Å². The van der Waals surface area contributed by atoms with Gasteiger partial charge in [0.1, 0.15) is 51.9 Å². The Morgan fingerprint density at radius 3 is 1.54 bits per heavy atom. The summed E-state index contributed by atoms with van der Waals surface area (Å²) in [6.45, 7) is 20.5. The molecule has 0 saturated carbocycles. The third-order valence-electron chi connectivity index (χ3n) is 15.9. The van der Waals surface area contributed by atoms with Gasteiger partial charge in [-0.25, -0.2) is 0 Å². The number of benzene rings is 4. The second-order valence-electron chi connectivity index (χ2n) is 27.2. The fourth-order valence-electron chi connectivity index (χ4n) is 10.9. The van der Waals surface area contributed by atoms with E-state index in [2.05, 4.69) is 42.5 Å². The summed E-state index contributed by atoms with van der Waals surface area (Å²) in [6.07, 6.45) is 0.0169. The number of aliphatic hydroxyl groups excluding tert-OH is 1. The van der Waals surface area contributed by atoms with E-state index in [4.69, 9.17) is 10.5 Å². The smallest absolute Gasteiger partial charge is 0.306 e. The average Bonchev–Trinajstić information content (AvgIpc) is 0.830. The lowest BCUT2D eigenvalue weighted by atomic mass is 9.77. The Kier molecular flexibility index (Phi) is 26.4. The molecule has 0 aromatic heterocycles. The first kappa shape index (κ1) is 74.2. The van der Waals surface area contributed by atoms with Crippen LogP contribution >= 0.6 is 0 Å². The molecule has 0 radical (unpaired) electrons. The maximum absolute atomic E-state index is 14.8. The summed E-state index contributed by atoms with van der Waals surface area (Å²) < 4.78 is 5.56. The Balaban J connectivity index is 1.37. The van der Waals surface area contributed by atoms with Crippen LogP contribution in [0.2, 0.25) is 0 Å². The van der Waals surface area contributed by atoms with Gasteiger partial charge in [0.05, 0.1) is 18.7 Å². The Hall–Kier alpha value is -8.50. The van der Waals surface area contributed by atoms with E-state index in [1.807, 2.05) is 135 Å². The fraction of sp³-hybridized carbons (Fsp3) is 0.514. The molecule has 500 valence electrons. The van der Waals surface area contributed by atoms with Crippen molar-refractivity contribution < 1.29 is 57.8 Å². The summed E-state index contributed by atoms with van der Waals surface area (Å²) in [7, 11) is 0. The molecule has 1 fully saturated rings. The molecule has 0 bridgehead atoms. The van der Waals surface area contributed by atoms with Crippen LogP contribution in [0.5, 0.6) is 0 Å². The number of esters is 1. The van der Waals surface area contributed by atoms with Crippen molar-refractivity contribution in [2.24, 2.45) is 17.6 Å². The lowest BCUT2D eigenvalue weighted by Crippen LogP contribution is -2.66. The van der Waals surface area contributed by atoms with Crippen LogP contribution in [0.1, 0.15) is 157 Å². The summed E-state index contributed by atoms with van der Waals surface area (Å²) in [5.41, 5.74) is 1.99. The number of likely N-dealkylation sites (tertiary alicyclic amines) is 1. The molecule has 6 atom stereocenters. The number of rotatable bonds is 31. The number of hydrogen-bond acceptors (Lipinski definition) is 13. The number of aliphatic hydroxyl groups is 1. The normalized spacial score (nSPS) is 15.4. The van der Waals surface area contributed by atoms with Gasteiger partial charge in [0.2, 0.25) is 53.2 Å². The van der Waals surface area contributed by atoms with E-state index in [0.717, 1.165) is 22.3 Å². The molecular formula is C70H98N10O12. The highest BCUT2D eigenvalue weighted by molar-refractivity contribution is 6.00. The largest absolute Gasteiger partial charge is 0.460 e. The SMILES string of the molecule is CC(C)C[C@H](N)C(=O)NC(C)(C)C(=O)N1CCC[C@H]1C(=O)N[C@H](C(=O)NC(C)(C)C(=O)NC(C)(C)C(=O)N[C@@H](CCC(=O)OC(C)(C)C)C(=O)N[C@@H](CCC(=O)NC(c1ccccc1)(c1ccccc1)c1ccccc1)C(=O)N[C@H](CO)Cc1ccccc1)C(C)C. The lowest BCUT2D eigenvalue weighted by Gasteiger charge is -2.37. The molecule has 1 saturated heterocycles. The van der Waals surface area contributed by atoms with Crippen LogP contribution in [0.3, 0.4) is 0 Å². The zero-order valence-electron chi connectivity index (χ0n) is 55.7. The van der Waals surface area contributed by atoms with Crippen molar-refractivity contribution in [1.82, 2.24) is 47.4 Å². The van der Waals surface area contributed by atoms with Gasteiger partial charge in [0.25, 0.3) is 0 Å². The van der Waals surface area contributed by atoms with E-state index in [9.17, 15) is 53.1 Å². The summed E-state index contributed by atoms with van der Waals surface area (Å²) in [5.74, 6) is -7.41. The highest BCUT2D eigenvalue weighted by Gasteiger charge is 2.45. The summed E-state index contributed by atoms with van der Waals surface area (Å²) >= 11 is 0. The van der Waals surface area contributed by atoms with E-state index in [0.29, 0.717) is 12.8 Å². The van der Waals surface area contributed by atoms with Gasteiger partial charge in [-0.3, -0.25) is 47.9 Å². The maximum atomic E-state index is 14.8. The van der Waals surface area contributed by atoms with Crippen molar-refractivity contribution in [3.63, 3.8) is 0 Å². The fourth-order valence-corrected chi connectivity index (χ4v) is 10.9. The molecule has 1 heterocycles. The van der Waals surface area contributed by atoms with Gasteiger partial charge in [0, 0.05) is 19.4 Å². The predicted octanol–water partition coefficient (Wildman–Crippen LogP) is 4.88. The monoisotopic (exact) mass is 1270 g/mol. The Morgan fingerprint density at radius 1 is 0.565 bits per heavy atom. The molecule has 1 aliphatic rings. The number of carbonyl (C=O) groups is 10. The van der Waals surface area contributed by atoms with Gasteiger partial charge in [-0.05, 0) is 135 Å². The van der Waals surface area contributed by atoms with E-state index in [1.54, 1.807) is 34.6 Å². The van der Waals surface area contributed by atoms with Gasteiger partial charge >= 0.3 is 5.97 Å². The minimum Gasteiger partial charge on any atom is -0.460 e. The molecule has 0 aliphatic carbocycles. The molecule has 11 N–H and O–H groups in total. The van der Waals surface area contributed by atoms with E-state index >= 15 is 0 Å². The van der Waals surface area contributed by atoms with Crippen LogP contribution in [0, 0.1) is 11.8 Å². The molecule has 92 heavy (non-hydrogen) atoms. The number of nitrogens with zero attached hydrogens (tertiary/aromatic N) is 1. The van der Waals surface area contributed by atoms with Crippen LogP contribution in [0.25, 0.3) is 0 Å². The number of amides is 9. The van der Waals surface area contributed by atoms with Crippen LogP contribution in [-0.4, -0.2) is 141 Å². The predicted molar refractivity (Wildman–Crippen MR) is 350 cm³/mol. The van der Waals surface area contributed by atoms with Crippen molar-refractivity contribution in [3.8, 4) is 0 Å². The molecular weight excluding hydrogens is 1170 g/mol. The third-order valence-corrected chi connectivity index (χ3v) is 15.9. The Labute approximate surface area is 541 Å². The van der Waals surface area contributed by atoms with Crippen molar-refractivity contribution in [2.45, 2.75) is 205 Å². The minimum absolute atomic E-state index is 0.136. The first-order chi connectivity index (χ1) is 43.1. The molecule has 9 amide bonds. The van der Waals surface area contributed by atoms with Gasteiger partial charge in [-0.2, -0.15) is 0 Å². The van der Waals surface area contributed by atoms with Crippen LogP contribution in [0.4, 0.5) is 0 Å². The van der Waals surface area contributed by atoms with Gasteiger partial charge in [0.15, 0.2) is 0 Å². The van der Waals surface area contributed by atoms with E-state index in [1.165, 1.54) is 46.4 Å². The zero-order valence-corrected chi connectivity index (χ0v) is 55.7. The molecule has 22 heteroatoms. The van der Waals surface area contributed by atoms with E-state index < -0.39 is 142 Å². The molecule has 0 spiro atoms. The topological polar surface area (TPSA) is 326 Å². The maximum Gasteiger partial charge on any atom is 0.306 e. The molecule has 1 aliphatic heterocycles. The molecule has 4 aromatic carbocycles. The molecule has 4 aromatic rings. The zero-order chi connectivity index (χ0) is 68.4. The number of nitrogens with one attached hydrogen (secondary N) is 8. The summed E-state index contributed by atoms with van der Waals surface area (Å²) in [6, 6.07) is 30.4. The number of carbonyl (C=O) groups excluding carboxylic acids is 10. The summed E-state index contributed by atoms with van der Waals surface area (Å²) in [5, 5.41) is 32.9. The van der Waals surface area contributed by atoms with Gasteiger partial charge in [-0.1, -0.05) is 149 Å². The van der Waals surface area contributed by atoms with Crippen molar-refractivity contribution in [3.05, 3.63) is 144 Å². The second kappa shape index (κ2) is 32.7. The third kappa shape index (κ3) is 21.0. The standard InChI is InChI=1S/C70H98N10O12/c1-44(2)41-51(71)58(84)77-69(12,13)65(91)80-40-26-35-54(80)61(87)75-57(45(3)4)62(88)78-68(10,11)64(90)79-67(8,9)63(89)74-53(37-39-56(83)92-66(5,6)7)60(86)73-52(59(85)72-50(43-81)42-46-27-18-14-19-28-46)36-38-55(82)76-70(47-29-20-15-21-30-47,48-31-22-16-23-32-48)49-33-24-17-25-34-49/h14-25,27-34,44-45,50-54,57,81H,26,35-43,71H2,1-13H3,(H,72,85)(H,73,86)(H,74,89)(H,75,87)(H,76,82)(H,77,84)(H,78,88)(H,79,90)/t50-,51-,52-,53-,54-,57-/m0/s1. The average molecular weight is 1270 g/mol. The van der Waals surface area contributed by atoms with Crippen LogP contribution in [0.15, 0.2) is 121 Å². The lowest BCUT2D eigenvalue weighted by molar-refractivity contribution is -0.155. The molecule has 22 nitrogen and oxygen atoms in total. The highest BCUT2D eigenvalue weighted by Crippen LogP contribution is 2.37. The van der Waals surface area contributed by atoms with Crippen molar-refractivity contribution in [2.75, 3.05) is 13.2 Å². The number of hydrogen-bond donors (Lipinski definition) is 10.